The van der Waals surface area contributed by atoms with Gasteiger partial charge >= 0.3 is 0 Å². The Balaban J connectivity index is 2.49. The highest BCUT2D eigenvalue weighted by Gasteiger charge is 2.07. The normalized spacial score (nSPS) is 13.6. The smallest absolute Gasteiger partial charge is 0.210 e. The lowest BCUT2D eigenvalue weighted by atomic mass is 10.3. The second kappa shape index (κ2) is 4.39. The highest BCUT2D eigenvalue weighted by atomic mass is 16.4. The van der Waals surface area contributed by atoms with E-state index in [9.17, 15) is 0 Å². The molecule has 2 N–H and O–H groups in total. The van der Waals surface area contributed by atoms with Crippen LogP contribution < -0.4 is 5.73 Å². The topological polar surface area (TPSA) is 55.3 Å². The summed E-state index contributed by atoms with van der Waals surface area (Å²) in [4.78, 5) is 6.19. The van der Waals surface area contributed by atoms with E-state index in [2.05, 4.69) is 9.88 Å². The van der Waals surface area contributed by atoms with Crippen molar-refractivity contribution in [1.82, 2.24) is 9.88 Å². The molecule has 74 valence electrons. The third-order valence-corrected chi connectivity index (χ3v) is 1.77. The van der Waals surface area contributed by atoms with Gasteiger partial charge in [0.2, 0.25) is 5.89 Å². The van der Waals surface area contributed by atoms with Gasteiger partial charge in [-0.15, -0.1) is 0 Å². The fourth-order valence-corrected chi connectivity index (χ4v) is 0.983. The highest BCUT2D eigenvalue weighted by Crippen LogP contribution is 2.10. The highest BCUT2D eigenvalue weighted by molar-refractivity contribution is 4.97. The van der Waals surface area contributed by atoms with Crippen LogP contribution in [-0.2, 0) is 6.42 Å². The standard InChI is InChI=1S/C9H17N3O/c1-7(10)9-11-6-8(13-9)4-5-12(2)3/h6-7H,4-5,10H2,1-3H3. The summed E-state index contributed by atoms with van der Waals surface area (Å²) in [6.45, 7) is 2.83. The van der Waals surface area contributed by atoms with Gasteiger partial charge in [-0.3, -0.25) is 0 Å². The monoisotopic (exact) mass is 183 g/mol. The van der Waals surface area contributed by atoms with Gasteiger partial charge in [-0.1, -0.05) is 0 Å². The molecule has 1 heterocycles. The van der Waals surface area contributed by atoms with Gasteiger partial charge in [-0.2, -0.15) is 0 Å². The summed E-state index contributed by atoms with van der Waals surface area (Å²) in [5.74, 6) is 1.52. The van der Waals surface area contributed by atoms with E-state index in [1.807, 2.05) is 21.0 Å². The minimum absolute atomic E-state index is 0.117. The summed E-state index contributed by atoms with van der Waals surface area (Å²) >= 11 is 0. The fraction of sp³-hybridized carbons (Fsp3) is 0.667. The molecule has 0 radical (unpaired) electrons. The maximum absolute atomic E-state index is 5.62. The first-order valence-electron chi connectivity index (χ1n) is 4.44. The van der Waals surface area contributed by atoms with Crippen molar-refractivity contribution in [3.05, 3.63) is 17.8 Å². The van der Waals surface area contributed by atoms with Gasteiger partial charge in [0, 0.05) is 13.0 Å². The first-order chi connectivity index (χ1) is 6.09. The maximum Gasteiger partial charge on any atom is 0.210 e. The van der Waals surface area contributed by atoms with Crippen LogP contribution in [0.5, 0.6) is 0 Å². The van der Waals surface area contributed by atoms with Gasteiger partial charge in [0.25, 0.3) is 0 Å². The Morgan fingerprint density at radius 2 is 2.31 bits per heavy atom. The lowest BCUT2D eigenvalue weighted by molar-refractivity contribution is 0.375. The van der Waals surface area contributed by atoms with Crippen LogP contribution in [0, 0.1) is 0 Å². The molecule has 0 aliphatic heterocycles. The van der Waals surface area contributed by atoms with Crippen molar-refractivity contribution >= 4 is 0 Å². The predicted octanol–water partition coefficient (Wildman–Crippen LogP) is 0.798. The maximum atomic E-state index is 5.62. The van der Waals surface area contributed by atoms with Crippen molar-refractivity contribution in [3.63, 3.8) is 0 Å². The molecule has 0 aliphatic rings. The number of oxazole rings is 1. The van der Waals surface area contributed by atoms with Crippen molar-refractivity contribution in [2.45, 2.75) is 19.4 Å². The summed E-state index contributed by atoms with van der Waals surface area (Å²) in [5, 5.41) is 0. The van der Waals surface area contributed by atoms with Crippen LogP contribution in [-0.4, -0.2) is 30.5 Å². The van der Waals surface area contributed by atoms with Crippen molar-refractivity contribution in [2.24, 2.45) is 5.73 Å². The van der Waals surface area contributed by atoms with E-state index >= 15 is 0 Å². The van der Waals surface area contributed by atoms with E-state index in [0.717, 1.165) is 18.7 Å². The van der Waals surface area contributed by atoms with Crippen LogP contribution >= 0.6 is 0 Å². The number of rotatable bonds is 4. The number of hydrogen-bond donors (Lipinski definition) is 1. The van der Waals surface area contributed by atoms with Gasteiger partial charge in [0.05, 0.1) is 12.2 Å². The second-order valence-corrected chi connectivity index (χ2v) is 3.51. The third-order valence-electron chi connectivity index (χ3n) is 1.77. The summed E-state index contributed by atoms with van der Waals surface area (Å²) in [6, 6.07) is -0.117. The zero-order valence-electron chi connectivity index (χ0n) is 8.45. The first kappa shape index (κ1) is 10.2. The van der Waals surface area contributed by atoms with Gasteiger partial charge in [-0.25, -0.2) is 4.98 Å². The van der Waals surface area contributed by atoms with Crippen LogP contribution in [0.2, 0.25) is 0 Å². The number of nitrogens with zero attached hydrogens (tertiary/aromatic N) is 2. The second-order valence-electron chi connectivity index (χ2n) is 3.51. The van der Waals surface area contributed by atoms with Crippen molar-refractivity contribution in [3.8, 4) is 0 Å². The summed E-state index contributed by atoms with van der Waals surface area (Å²) in [7, 11) is 4.06. The fourth-order valence-electron chi connectivity index (χ4n) is 0.983. The zero-order valence-corrected chi connectivity index (χ0v) is 8.45. The Kier molecular flexibility index (Phi) is 3.45. The van der Waals surface area contributed by atoms with Crippen LogP contribution in [0.3, 0.4) is 0 Å². The molecule has 0 aromatic carbocycles. The van der Waals surface area contributed by atoms with E-state index < -0.39 is 0 Å². The molecule has 4 heteroatoms. The van der Waals surface area contributed by atoms with Gasteiger partial charge < -0.3 is 15.1 Å². The summed E-state index contributed by atoms with van der Waals surface area (Å²) in [5.41, 5.74) is 5.62. The molecule has 13 heavy (non-hydrogen) atoms. The molecule has 0 amide bonds. The molecule has 0 spiro atoms. The van der Waals surface area contributed by atoms with Crippen LogP contribution in [0.1, 0.15) is 24.6 Å². The third kappa shape index (κ3) is 3.16. The molecule has 1 unspecified atom stereocenters. The van der Waals surface area contributed by atoms with Crippen molar-refractivity contribution in [1.29, 1.82) is 0 Å². The minimum atomic E-state index is -0.117. The molecule has 0 bridgehead atoms. The quantitative estimate of drug-likeness (QED) is 0.750. The average Bonchev–Trinajstić information content (AvgIpc) is 2.48. The number of hydrogen-bond acceptors (Lipinski definition) is 4. The molecule has 0 fully saturated rings. The Morgan fingerprint density at radius 1 is 1.62 bits per heavy atom. The van der Waals surface area contributed by atoms with E-state index in [4.69, 9.17) is 10.2 Å². The van der Waals surface area contributed by atoms with E-state index in [-0.39, 0.29) is 6.04 Å². The lowest BCUT2D eigenvalue weighted by Gasteiger charge is -2.06. The number of likely N-dealkylation sites (N-methyl/N-ethyl adjacent to an activating group) is 1. The van der Waals surface area contributed by atoms with Gasteiger partial charge in [0.15, 0.2) is 0 Å². The Bertz CT molecular complexity index is 255. The molecule has 1 rings (SSSR count). The lowest BCUT2D eigenvalue weighted by Crippen LogP contribution is -2.14. The summed E-state index contributed by atoms with van der Waals surface area (Å²) < 4.78 is 5.43. The van der Waals surface area contributed by atoms with E-state index in [1.54, 1.807) is 6.20 Å². The van der Waals surface area contributed by atoms with Crippen LogP contribution in [0.4, 0.5) is 0 Å². The van der Waals surface area contributed by atoms with Crippen molar-refractivity contribution < 1.29 is 4.42 Å². The van der Waals surface area contributed by atoms with E-state index in [0.29, 0.717) is 5.89 Å². The minimum Gasteiger partial charge on any atom is -0.444 e. The van der Waals surface area contributed by atoms with Gasteiger partial charge in [-0.05, 0) is 21.0 Å². The van der Waals surface area contributed by atoms with Crippen LogP contribution in [0.15, 0.2) is 10.6 Å². The molecule has 0 saturated carbocycles. The van der Waals surface area contributed by atoms with Gasteiger partial charge in [0.1, 0.15) is 5.76 Å². The Hall–Kier alpha value is -0.870. The van der Waals surface area contributed by atoms with Crippen molar-refractivity contribution in [2.75, 3.05) is 20.6 Å². The SMILES string of the molecule is CC(N)c1ncc(CCN(C)C)o1. The Labute approximate surface area is 78.7 Å². The number of nitrogens with two attached hydrogens (primary N) is 1. The predicted molar refractivity (Wildman–Crippen MR) is 51.4 cm³/mol. The molecule has 4 nitrogen and oxygen atoms in total. The van der Waals surface area contributed by atoms with E-state index in [1.165, 1.54) is 0 Å². The average molecular weight is 183 g/mol. The largest absolute Gasteiger partial charge is 0.444 e. The molecular weight excluding hydrogens is 166 g/mol. The molecule has 0 saturated heterocycles. The molecule has 0 aliphatic carbocycles. The molecular formula is C9H17N3O. The first-order valence-corrected chi connectivity index (χ1v) is 4.44. The van der Waals surface area contributed by atoms with Crippen LogP contribution in [0.25, 0.3) is 0 Å². The molecule has 1 atom stereocenters. The molecule has 1 aromatic rings. The molecule has 1 aromatic heterocycles. The number of aromatic nitrogens is 1. The Morgan fingerprint density at radius 3 is 2.77 bits per heavy atom. The summed E-state index contributed by atoms with van der Waals surface area (Å²) in [6.07, 6.45) is 2.63. The zero-order chi connectivity index (χ0) is 9.84.